The van der Waals surface area contributed by atoms with E-state index in [0.717, 1.165) is 39.6 Å². The molecule has 0 aliphatic heterocycles. The summed E-state index contributed by atoms with van der Waals surface area (Å²) >= 11 is 3.09. The molecule has 20 heavy (non-hydrogen) atoms. The van der Waals surface area contributed by atoms with Gasteiger partial charge in [-0.3, -0.25) is 0 Å². The van der Waals surface area contributed by atoms with Crippen LogP contribution in [-0.2, 0) is 0 Å². The van der Waals surface area contributed by atoms with Crippen molar-refractivity contribution in [3.05, 3.63) is 10.4 Å². The Morgan fingerprint density at radius 3 is 2.95 bits per heavy atom. The molecule has 1 saturated carbocycles. The summed E-state index contributed by atoms with van der Waals surface area (Å²) in [5, 5.41) is 7.72. The standard InChI is InChI=1S/C14H20N4S2/c1-8-3-4-10(5-8)6-16-14-12(13(15)18-20-14)11-7-19-9(2)17-11/h7-8,10,16H,3-6H2,1-2H3,(H2,15,18). The number of nitrogen functional groups attached to an aromatic ring is 1. The average Bonchev–Trinajstić information content (AvgIpc) is 3.09. The SMILES string of the molecule is Cc1nc(-c2c(N)nsc2NCC2CCC(C)C2)cs1. The summed E-state index contributed by atoms with van der Waals surface area (Å²) in [5.74, 6) is 2.23. The maximum Gasteiger partial charge on any atom is 0.148 e. The average molecular weight is 308 g/mol. The van der Waals surface area contributed by atoms with Gasteiger partial charge in [0.2, 0.25) is 0 Å². The van der Waals surface area contributed by atoms with Gasteiger partial charge < -0.3 is 11.1 Å². The van der Waals surface area contributed by atoms with Crippen LogP contribution in [0.5, 0.6) is 0 Å². The summed E-state index contributed by atoms with van der Waals surface area (Å²) in [6, 6.07) is 0. The molecule has 108 valence electrons. The van der Waals surface area contributed by atoms with Crippen molar-refractivity contribution in [2.24, 2.45) is 11.8 Å². The molecule has 0 saturated heterocycles. The molecular weight excluding hydrogens is 288 g/mol. The molecule has 2 heterocycles. The third kappa shape index (κ3) is 2.81. The molecule has 2 aromatic heterocycles. The molecule has 1 fully saturated rings. The molecule has 6 heteroatoms. The van der Waals surface area contributed by atoms with Gasteiger partial charge in [-0.15, -0.1) is 11.3 Å². The smallest absolute Gasteiger partial charge is 0.148 e. The normalized spacial score (nSPS) is 22.3. The van der Waals surface area contributed by atoms with E-state index in [4.69, 9.17) is 5.73 Å². The number of nitrogens with zero attached hydrogens (tertiary/aromatic N) is 2. The van der Waals surface area contributed by atoms with Gasteiger partial charge in [0.15, 0.2) is 0 Å². The lowest BCUT2D eigenvalue weighted by Gasteiger charge is -2.11. The fraction of sp³-hybridized carbons (Fsp3) is 0.571. The Balaban J connectivity index is 1.74. The van der Waals surface area contributed by atoms with Gasteiger partial charge in [-0.05, 0) is 43.1 Å². The molecule has 1 aliphatic rings. The monoisotopic (exact) mass is 308 g/mol. The number of hydrogen-bond acceptors (Lipinski definition) is 6. The topological polar surface area (TPSA) is 63.8 Å². The maximum absolute atomic E-state index is 6.01. The highest BCUT2D eigenvalue weighted by Gasteiger charge is 2.22. The van der Waals surface area contributed by atoms with Crippen molar-refractivity contribution in [1.82, 2.24) is 9.36 Å². The number of rotatable bonds is 4. The zero-order chi connectivity index (χ0) is 14.1. The summed E-state index contributed by atoms with van der Waals surface area (Å²) in [6.45, 7) is 5.37. The first-order valence-electron chi connectivity index (χ1n) is 7.05. The second kappa shape index (κ2) is 5.69. The van der Waals surface area contributed by atoms with E-state index in [1.54, 1.807) is 11.3 Å². The predicted octanol–water partition coefficient (Wildman–Crippen LogP) is 4.01. The van der Waals surface area contributed by atoms with Gasteiger partial charge in [-0.25, -0.2) is 4.98 Å². The van der Waals surface area contributed by atoms with Gasteiger partial charge in [0, 0.05) is 11.9 Å². The first-order chi connectivity index (χ1) is 9.63. The third-order valence-electron chi connectivity index (χ3n) is 3.95. The van der Waals surface area contributed by atoms with Gasteiger partial charge in [0.1, 0.15) is 10.8 Å². The number of hydrogen-bond donors (Lipinski definition) is 2. The van der Waals surface area contributed by atoms with Crippen molar-refractivity contribution in [2.75, 3.05) is 17.6 Å². The molecular formula is C14H20N4S2. The first-order valence-corrected chi connectivity index (χ1v) is 8.70. The molecule has 1 aliphatic carbocycles. The van der Waals surface area contributed by atoms with Crippen LogP contribution in [-0.4, -0.2) is 15.9 Å². The van der Waals surface area contributed by atoms with Crippen LogP contribution in [0, 0.1) is 18.8 Å². The Labute approximate surface area is 127 Å². The zero-order valence-electron chi connectivity index (χ0n) is 11.8. The van der Waals surface area contributed by atoms with Gasteiger partial charge in [0.25, 0.3) is 0 Å². The van der Waals surface area contributed by atoms with Crippen LogP contribution >= 0.6 is 22.9 Å². The van der Waals surface area contributed by atoms with E-state index in [9.17, 15) is 0 Å². The second-order valence-electron chi connectivity index (χ2n) is 5.69. The minimum atomic E-state index is 0.586. The molecule has 2 aromatic rings. The van der Waals surface area contributed by atoms with Gasteiger partial charge in [0.05, 0.1) is 16.3 Å². The van der Waals surface area contributed by atoms with Crippen molar-refractivity contribution in [2.45, 2.75) is 33.1 Å². The Hall–Kier alpha value is -1.14. The summed E-state index contributed by atoms with van der Waals surface area (Å²) < 4.78 is 4.28. The van der Waals surface area contributed by atoms with Crippen LogP contribution < -0.4 is 11.1 Å². The van der Waals surface area contributed by atoms with E-state index in [2.05, 4.69) is 27.0 Å². The van der Waals surface area contributed by atoms with Crippen molar-refractivity contribution in [3.8, 4) is 11.3 Å². The van der Waals surface area contributed by atoms with Crippen LogP contribution in [0.4, 0.5) is 10.8 Å². The van der Waals surface area contributed by atoms with Crippen LogP contribution in [0.3, 0.4) is 0 Å². The Bertz CT molecular complexity index is 590. The molecule has 2 atom stereocenters. The number of nitrogens with two attached hydrogens (primary N) is 1. The van der Waals surface area contributed by atoms with E-state index < -0.39 is 0 Å². The second-order valence-corrected chi connectivity index (χ2v) is 7.52. The Morgan fingerprint density at radius 1 is 1.45 bits per heavy atom. The third-order valence-corrected chi connectivity index (χ3v) is 5.54. The number of nitrogens with one attached hydrogen (secondary N) is 1. The molecule has 4 nitrogen and oxygen atoms in total. The van der Waals surface area contributed by atoms with E-state index in [0.29, 0.717) is 5.82 Å². The van der Waals surface area contributed by atoms with E-state index >= 15 is 0 Å². The minimum absolute atomic E-state index is 0.586. The van der Waals surface area contributed by atoms with Crippen LogP contribution in [0.2, 0.25) is 0 Å². The molecule has 2 unspecified atom stereocenters. The molecule has 3 N–H and O–H groups in total. The Kier molecular flexibility index (Phi) is 3.94. The zero-order valence-corrected chi connectivity index (χ0v) is 13.5. The highest BCUT2D eigenvalue weighted by molar-refractivity contribution is 7.11. The number of aryl methyl sites for hydroxylation is 1. The van der Waals surface area contributed by atoms with Crippen molar-refractivity contribution in [1.29, 1.82) is 0 Å². The van der Waals surface area contributed by atoms with Gasteiger partial charge in [-0.2, -0.15) is 4.37 Å². The maximum atomic E-state index is 6.01. The van der Waals surface area contributed by atoms with E-state index in [1.165, 1.54) is 30.8 Å². The fourth-order valence-electron chi connectivity index (χ4n) is 2.90. The molecule has 0 bridgehead atoms. The molecule has 3 rings (SSSR count). The van der Waals surface area contributed by atoms with Gasteiger partial charge in [-0.1, -0.05) is 13.3 Å². The fourth-order valence-corrected chi connectivity index (χ4v) is 4.23. The lowest BCUT2D eigenvalue weighted by Crippen LogP contribution is -2.11. The Morgan fingerprint density at radius 2 is 2.30 bits per heavy atom. The summed E-state index contributed by atoms with van der Waals surface area (Å²) in [6.07, 6.45) is 4.01. The van der Waals surface area contributed by atoms with Crippen molar-refractivity contribution >= 4 is 33.7 Å². The highest BCUT2D eigenvalue weighted by atomic mass is 32.1. The lowest BCUT2D eigenvalue weighted by molar-refractivity contribution is 0.537. The van der Waals surface area contributed by atoms with E-state index in [-0.39, 0.29) is 0 Å². The molecule has 0 aromatic carbocycles. The van der Waals surface area contributed by atoms with E-state index in [1.807, 2.05) is 6.92 Å². The summed E-state index contributed by atoms with van der Waals surface area (Å²) in [7, 11) is 0. The van der Waals surface area contributed by atoms with Crippen LogP contribution in [0.1, 0.15) is 31.2 Å². The largest absolute Gasteiger partial charge is 0.382 e. The minimum Gasteiger partial charge on any atom is -0.382 e. The number of thiazole rings is 1. The first kappa shape index (κ1) is 13.8. The van der Waals surface area contributed by atoms with Crippen molar-refractivity contribution < 1.29 is 0 Å². The van der Waals surface area contributed by atoms with Crippen molar-refractivity contribution in [3.63, 3.8) is 0 Å². The lowest BCUT2D eigenvalue weighted by atomic mass is 10.1. The van der Waals surface area contributed by atoms with Crippen LogP contribution in [0.15, 0.2) is 5.38 Å². The summed E-state index contributed by atoms with van der Waals surface area (Å²) in [5.41, 5.74) is 7.94. The number of aromatic nitrogens is 2. The molecule has 0 spiro atoms. The quantitative estimate of drug-likeness (QED) is 0.896. The summed E-state index contributed by atoms with van der Waals surface area (Å²) in [4.78, 5) is 4.53. The predicted molar refractivity (Wildman–Crippen MR) is 87.4 cm³/mol. The van der Waals surface area contributed by atoms with Crippen LogP contribution in [0.25, 0.3) is 11.3 Å². The van der Waals surface area contributed by atoms with Gasteiger partial charge >= 0.3 is 0 Å². The number of anilines is 2. The molecule has 0 radical (unpaired) electrons. The highest BCUT2D eigenvalue weighted by Crippen LogP contribution is 2.38. The molecule has 0 amide bonds.